The quantitative estimate of drug-likeness (QED) is 0.629. The van der Waals surface area contributed by atoms with Gasteiger partial charge in [-0.15, -0.1) is 0 Å². The zero-order chi connectivity index (χ0) is 18.6. The molecule has 0 bridgehead atoms. The molecule has 3 aromatic rings. The van der Waals surface area contributed by atoms with Gasteiger partial charge in [0.25, 0.3) is 0 Å². The second kappa shape index (κ2) is 6.19. The molecular formula is C18H17F3N4OS. The van der Waals surface area contributed by atoms with Crippen LogP contribution in [0.25, 0.3) is 10.2 Å². The number of nitrogens with zero attached hydrogens (tertiary/aromatic N) is 4. The average molecular weight is 394 g/mol. The van der Waals surface area contributed by atoms with Crippen molar-refractivity contribution in [3.63, 3.8) is 0 Å². The second-order valence-corrected chi connectivity index (χ2v) is 8.21. The molecular weight excluding hydrogens is 377 g/mol. The van der Waals surface area contributed by atoms with Crippen LogP contribution in [-0.4, -0.2) is 28.2 Å². The standard InChI is InChI=1S/C18H17F3N4OS/c19-18(20,21)12-3-4-14-13(9-12)22-17(27-14)25-7-5-10(6-8-25)15-23-16(26-24-15)11-1-2-11/h3-4,9-11H,1-2,5-8H2. The summed E-state index contributed by atoms with van der Waals surface area (Å²) in [5.74, 6) is 2.27. The average Bonchev–Trinajstić information content (AvgIpc) is 3.23. The van der Waals surface area contributed by atoms with Gasteiger partial charge in [-0.1, -0.05) is 16.5 Å². The summed E-state index contributed by atoms with van der Waals surface area (Å²) in [6, 6.07) is 3.75. The molecule has 142 valence electrons. The highest BCUT2D eigenvalue weighted by atomic mass is 32.1. The summed E-state index contributed by atoms with van der Waals surface area (Å²) in [7, 11) is 0. The number of fused-ring (bicyclic) bond motifs is 1. The lowest BCUT2D eigenvalue weighted by atomic mass is 9.96. The summed E-state index contributed by atoms with van der Waals surface area (Å²) < 4.78 is 44.8. The Morgan fingerprint density at radius 3 is 2.52 bits per heavy atom. The smallest absolute Gasteiger partial charge is 0.348 e. The number of aromatic nitrogens is 3. The molecule has 1 saturated heterocycles. The van der Waals surface area contributed by atoms with E-state index in [1.165, 1.54) is 17.4 Å². The van der Waals surface area contributed by atoms with Crippen molar-refractivity contribution < 1.29 is 17.7 Å². The van der Waals surface area contributed by atoms with Crippen LogP contribution < -0.4 is 4.90 Å². The Morgan fingerprint density at radius 2 is 1.81 bits per heavy atom. The number of anilines is 1. The maximum atomic E-state index is 12.9. The molecule has 3 heterocycles. The zero-order valence-electron chi connectivity index (χ0n) is 14.4. The van der Waals surface area contributed by atoms with Crippen molar-refractivity contribution in [2.45, 2.75) is 43.7 Å². The second-order valence-electron chi connectivity index (χ2n) is 7.20. The molecule has 27 heavy (non-hydrogen) atoms. The minimum atomic E-state index is -4.35. The van der Waals surface area contributed by atoms with Crippen molar-refractivity contribution >= 4 is 26.7 Å². The molecule has 0 radical (unpaired) electrons. The summed E-state index contributed by atoms with van der Waals surface area (Å²) in [6.45, 7) is 1.56. The molecule has 2 fully saturated rings. The number of benzene rings is 1. The van der Waals surface area contributed by atoms with E-state index in [-0.39, 0.29) is 5.92 Å². The Bertz CT molecular complexity index is 971. The van der Waals surface area contributed by atoms with Crippen LogP contribution in [-0.2, 0) is 6.18 Å². The third kappa shape index (κ3) is 3.28. The normalized spacial score (nSPS) is 19.1. The lowest BCUT2D eigenvalue weighted by molar-refractivity contribution is -0.137. The summed E-state index contributed by atoms with van der Waals surface area (Å²) in [5, 5.41) is 4.91. The van der Waals surface area contributed by atoms with Crippen molar-refractivity contribution in [2.75, 3.05) is 18.0 Å². The number of rotatable bonds is 3. The SMILES string of the molecule is FC(F)(F)c1ccc2sc(N3CCC(c4noc(C5CC5)n4)CC3)nc2c1. The van der Waals surface area contributed by atoms with E-state index in [1.54, 1.807) is 0 Å². The minimum absolute atomic E-state index is 0.267. The van der Waals surface area contributed by atoms with Gasteiger partial charge in [0.1, 0.15) is 0 Å². The largest absolute Gasteiger partial charge is 0.416 e. The van der Waals surface area contributed by atoms with Crippen LogP contribution in [0.4, 0.5) is 18.3 Å². The fraction of sp³-hybridized carbons (Fsp3) is 0.500. The maximum Gasteiger partial charge on any atom is 0.416 e. The van der Waals surface area contributed by atoms with E-state index >= 15 is 0 Å². The number of halogens is 3. The molecule has 1 aliphatic heterocycles. The Hall–Kier alpha value is -2.16. The molecule has 2 aliphatic rings. The molecule has 1 aromatic carbocycles. The topological polar surface area (TPSA) is 55.1 Å². The molecule has 1 aliphatic carbocycles. The predicted octanol–water partition coefficient (Wildman–Crippen LogP) is 4.96. The number of piperidine rings is 1. The number of hydrogen-bond acceptors (Lipinski definition) is 6. The van der Waals surface area contributed by atoms with E-state index in [2.05, 4.69) is 20.0 Å². The van der Waals surface area contributed by atoms with Gasteiger partial charge in [0.2, 0.25) is 5.89 Å². The van der Waals surface area contributed by atoms with Crippen molar-refractivity contribution in [3.05, 3.63) is 35.5 Å². The van der Waals surface area contributed by atoms with Gasteiger partial charge < -0.3 is 9.42 Å². The van der Waals surface area contributed by atoms with Gasteiger partial charge in [-0.3, -0.25) is 0 Å². The van der Waals surface area contributed by atoms with Gasteiger partial charge in [-0.25, -0.2) is 4.98 Å². The molecule has 1 saturated carbocycles. The van der Waals surface area contributed by atoms with Crippen LogP contribution in [0.5, 0.6) is 0 Å². The fourth-order valence-electron chi connectivity index (χ4n) is 3.47. The fourth-order valence-corrected chi connectivity index (χ4v) is 4.46. The number of hydrogen-bond donors (Lipinski definition) is 0. The number of alkyl halides is 3. The van der Waals surface area contributed by atoms with E-state index in [4.69, 9.17) is 4.52 Å². The predicted molar refractivity (Wildman–Crippen MR) is 95.1 cm³/mol. The first-order valence-electron chi connectivity index (χ1n) is 9.03. The molecule has 0 atom stereocenters. The number of thiazole rings is 1. The Kier molecular flexibility index (Phi) is 3.89. The molecule has 5 nitrogen and oxygen atoms in total. The lowest BCUT2D eigenvalue weighted by Gasteiger charge is -2.30. The van der Waals surface area contributed by atoms with Gasteiger partial charge >= 0.3 is 6.18 Å². The monoisotopic (exact) mass is 394 g/mol. The van der Waals surface area contributed by atoms with Crippen molar-refractivity contribution in [3.8, 4) is 0 Å². The third-order valence-corrected chi connectivity index (χ3v) is 6.32. The molecule has 0 N–H and O–H groups in total. The van der Waals surface area contributed by atoms with Gasteiger partial charge in [0, 0.05) is 24.9 Å². The van der Waals surface area contributed by atoms with Gasteiger partial charge in [-0.05, 0) is 43.9 Å². The first-order chi connectivity index (χ1) is 13.0. The summed E-state index contributed by atoms with van der Waals surface area (Å²) in [5.41, 5.74) is -0.256. The molecule has 9 heteroatoms. The van der Waals surface area contributed by atoms with Crippen LogP contribution in [0.1, 0.15) is 54.8 Å². The maximum absolute atomic E-state index is 12.9. The molecule has 5 rings (SSSR count). The first-order valence-corrected chi connectivity index (χ1v) is 9.85. The van der Waals surface area contributed by atoms with E-state index < -0.39 is 11.7 Å². The Morgan fingerprint density at radius 1 is 1.04 bits per heavy atom. The van der Waals surface area contributed by atoms with E-state index in [0.717, 1.165) is 72.5 Å². The molecule has 0 amide bonds. The molecule has 0 spiro atoms. The zero-order valence-corrected chi connectivity index (χ0v) is 15.2. The van der Waals surface area contributed by atoms with Crippen LogP contribution in [0.15, 0.2) is 22.7 Å². The van der Waals surface area contributed by atoms with Crippen LogP contribution in [0, 0.1) is 0 Å². The van der Waals surface area contributed by atoms with E-state index in [0.29, 0.717) is 11.4 Å². The van der Waals surface area contributed by atoms with Gasteiger partial charge in [0.05, 0.1) is 15.8 Å². The molecule has 0 unspecified atom stereocenters. The Labute approximate surface area is 157 Å². The van der Waals surface area contributed by atoms with Crippen molar-refractivity contribution in [2.24, 2.45) is 0 Å². The van der Waals surface area contributed by atoms with E-state index in [9.17, 15) is 13.2 Å². The van der Waals surface area contributed by atoms with Crippen LogP contribution in [0.3, 0.4) is 0 Å². The van der Waals surface area contributed by atoms with Crippen LogP contribution >= 0.6 is 11.3 Å². The Balaban J connectivity index is 1.29. The lowest BCUT2D eigenvalue weighted by Crippen LogP contribution is -2.33. The third-order valence-electron chi connectivity index (χ3n) is 5.22. The summed E-state index contributed by atoms with van der Waals surface area (Å²) >= 11 is 1.43. The summed E-state index contributed by atoms with van der Waals surface area (Å²) in [4.78, 5) is 11.1. The van der Waals surface area contributed by atoms with Crippen molar-refractivity contribution in [1.29, 1.82) is 0 Å². The van der Waals surface area contributed by atoms with Crippen LogP contribution in [0.2, 0.25) is 0 Å². The summed E-state index contributed by atoms with van der Waals surface area (Å²) in [6.07, 6.45) is -0.317. The molecule has 2 aromatic heterocycles. The van der Waals surface area contributed by atoms with Gasteiger partial charge in [0.15, 0.2) is 11.0 Å². The van der Waals surface area contributed by atoms with Gasteiger partial charge in [-0.2, -0.15) is 18.2 Å². The highest BCUT2D eigenvalue weighted by Crippen LogP contribution is 2.40. The van der Waals surface area contributed by atoms with E-state index in [1.807, 2.05) is 0 Å². The highest BCUT2D eigenvalue weighted by Gasteiger charge is 2.33. The minimum Gasteiger partial charge on any atom is -0.348 e. The highest BCUT2D eigenvalue weighted by molar-refractivity contribution is 7.22. The first kappa shape index (κ1) is 17.0. The van der Waals surface area contributed by atoms with Crippen molar-refractivity contribution in [1.82, 2.24) is 15.1 Å².